The third kappa shape index (κ3) is 3.32. The van der Waals surface area contributed by atoms with Gasteiger partial charge in [-0.25, -0.2) is 0 Å². The predicted molar refractivity (Wildman–Crippen MR) is 88.3 cm³/mol. The topological polar surface area (TPSA) is 47.1 Å². The zero-order valence-corrected chi connectivity index (χ0v) is 14.6. The minimum atomic E-state index is 0.0503. The summed E-state index contributed by atoms with van der Waals surface area (Å²) in [6.07, 6.45) is 4.77. The van der Waals surface area contributed by atoms with Gasteiger partial charge in [0.1, 0.15) is 0 Å². The summed E-state index contributed by atoms with van der Waals surface area (Å²) in [6, 6.07) is 0.867. The van der Waals surface area contributed by atoms with Crippen molar-refractivity contribution < 1.29 is 0 Å². The third-order valence-electron chi connectivity index (χ3n) is 4.97. The molecule has 4 heteroatoms. The van der Waals surface area contributed by atoms with Crippen LogP contribution in [0.4, 0.5) is 0 Å². The summed E-state index contributed by atoms with van der Waals surface area (Å²) in [5, 5.41) is 4.72. The van der Waals surface area contributed by atoms with Gasteiger partial charge < -0.3 is 5.73 Å². The Hall–Kier alpha value is -0.870. The molecule has 3 unspecified atom stereocenters. The minimum Gasteiger partial charge on any atom is -0.329 e. The van der Waals surface area contributed by atoms with E-state index in [0.717, 1.165) is 12.5 Å². The molecule has 1 saturated heterocycles. The maximum Gasteiger partial charge on any atom is 0.0726 e. The first-order valence-electron chi connectivity index (χ1n) is 8.25. The van der Waals surface area contributed by atoms with Gasteiger partial charge in [-0.1, -0.05) is 27.7 Å². The quantitative estimate of drug-likeness (QED) is 0.932. The molecular formula is C17H32N4. The molecule has 3 atom stereocenters. The van der Waals surface area contributed by atoms with Crippen molar-refractivity contribution >= 4 is 0 Å². The Morgan fingerprint density at radius 1 is 1.38 bits per heavy atom. The maximum atomic E-state index is 6.19. The summed E-state index contributed by atoms with van der Waals surface area (Å²) >= 11 is 0. The van der Waals surface area contributed by atoms with Crippen molar-refractivity contribution in [2.75, 3.05) is 13.1 Å². The Morgan fingerprint density at radius 2 is 2.05 bits per heavy atom. The third-order valence-corrected chi connectivity index (χ3v) is 4.97. The van der Waals surface area contributed by atoms with Crippen LogP contribution in [0.25, 0.3) is 0 Å². The van der Waals surface area contributed by atoms with Gasteiger partial charge in [-0.05, 0) is 32.2 Å². The van der Waals surface area contributed by atoms with Gasteiger partial charge in [0.25, 0.3) is 0 Å². The highest BCUT2D eigenvalue weighted by Crippen LogP contribution is 2.35. The monoisotopic (exact) mass is 292 g/mol. The van der Waals surface area contributed by atoms with Crippen LogP contribution in [0.1, 0.15) is 64.8 Å². The molecule has 1 aliphatic heterocycles. The normalized spacial score (nSPS) is 26.0. The second-order valence-corrected chi connectivity index (χ2v) is 7.71. The Kier molecular flexibility index (Phi) is 4.79. The Balaban J connectivity index is 2.38. The van der Waals surface area contributed by atoms with Crippen LogP contribution in [0.15, 0.2) is 6.20 Å². The first kappa shape index (κ1) is 16.5. The van der Waals surface area contributed by atoms with E-state index in [2.05, 4.69) is 45.7 Å². The lowest BCUT2D eigenvalue weighted by Crippen LogP contribution is -2.47. The summed E-state index contributed by atoms with van der Waals surface area (Å²) in [6.45, 7) is 13.2. The maximum absolute atomic E-state index is 6.19. The first-order chi connectivity index (χ1) is 9.75. The number of nitrogens with zero attached hydrogens (tertiary/aromatic N) is 3. The zero-order chi connectivity index (χ0) is 15.8. The van der Waals surface area contributed by atoms with Crippen LogP contribution in [-0.4, -0.2) is 33.8 Å². The van der Waals surface area contributed by atoms with Crippen molar-refractivity contribution in [3.05, 3.63) is 17.5 Å². The SMILES string of the molecule is CC1CCCN(C(CN)c2cn(C)nc2C(C)(C)C)C1C. The van der Waals surface area contributed by atoms with Crippen LogP contribution in [0.2, 0.25) is 0 Å². The molecule has 0 amide bonds. The predicted octanol–water partition coefficient (Wildman–Crippen LogP) is 2.84. The second-order valence-electron chi connectivity index (χ2n) is 7.71. The van der Waals surface area contributed by atoms with Crippen LogP contribution < -0.4 is 5.73 Å². The van der Waals surface area contributed by atoms with E-state index in [9.17, 15) is 0 Å². The summed E-state index contributed by atoms with van der Waals surface area (Å²) in [5.74, 6) is 0.738. The molecule has 2 heterocycles. The second kappa shape index (κ2) is 6.09. The van der Waals surface area contributed by atoms with Crippen LogP contribution in [-0.2, 0) is 12.5 Å². The van der Waals surface area contributed by atoms with Crippen molar-refractivity contribution in [1.82, 2.24) is 14.7 Å². The highest BCUT2D eigenvalue weighted by Gasteiger charge is 2.34. The first-order valence-corrected chi connectivity index (χ1v) is 8.25. The number of rotatable bonds is 3. The van der Waals surface area contributed by atoms with Crippen molar-refractivity contribution in [2.24, 2.45) is 18.7 Å². The number of piperidine rings is 1. The summed E-state index contributed by atoms with van der Waals surface area (Å²) in [5.41, 5.74) is 8.74. The molecule has 2 N–H and O–H groups in total. The lowest BCUT2D eigenvalue weighted by Gasteiger charge is -2.43. The fourth-order valence-corrected chi connectivity index (χ4v) is 3.58. The summed E-state index contributed by atoms with van der Waals surface area (Å²) in [4.78, 5) is 2.60. The van der Waals surface area contributed by atoms with Gasteiger partial charge >= 0.3 is 0 Å². The minimum absolute atomic E-state index is 0.0503. The molecule has 1 aliphatic rings. The molecule has 4 nitrogen and oxygen atoms in total. The average molecular weight is 292 g/mol. The smallest absolute Gasteiger partial charge is 0.0726 e. The highest BCUT2D eigenvalue weighted by molar-refractivity contribution is 5.28. The van der Waals surface area contributed by atoms with E-state index in [1.165, 1.54) is 24.1 Å². The van der Waals surface area contributed by atoms with Crippen molar-refractivity contribution in [3.63, 3.8) is 0 Å². The number of hydrogen-bond acceptors (Lipinski definition) is 3. The van der Waals surface area contributed by atoms with E-state index in [-0.39, 0.29) is 11.5 Å². The Morgan fingerprint density at radius 3 is 2.62 bits per heavy atom. The van der Waals surface area contributed by atoms with Gasteiger partial charge in [0, 0.05) is 36.8 Å². The van der Waals surface area contributed by atoms with E-state index in [0.29, 0.717) is 12.6 Å². The molecule has 0 spiro atoms. The van der Waals surface area contributed by atoms with Gasteiger partial charge in [-0.2, -0.15) is 5.10 Å². The zero-order valence-electron chi connectivity index (χ0n) is 14.6. The average Bonchev–Trinajstić information content (AvgIpc) is 2.77. The number of nitrogens with two attached hydrogens (primary N) is 1. The van der Waals surface area contributed by atoms with Crippen molar-refractivity contribution in [1.29, 1.82) is 0 Å². The van der Waals surface area contributed by atoms with Crippen molar-refractivity contribution in [2.45, 2.75) is 65.0 Å². The lowest BCUT2D eigenvalue weighted by molar-refractivity contribution is 0.0702. The Bertz CT molecular complexity index is 472. The molecule has 1 fully saturated rings. The number of aromatic nitrogens is 2. The molecular weight excluding hydrogens is 260 g/mol. The summed E-state index contributed by atoms with van der Waals surface area (Å²) in [7, 11) is 2.01. The highest BCUT2D eigenvalue weighted by atomic mass is 15.3. The van der Waals surface area contributed by atoms with E-state index in [1.807, 2.05) is 11.7 Å². The molecule has 0 bridgehead atoms. The van der Waals surface area contributed by atoms with E-state index >= 15 is 0 Å². The number of hydrogen-bond donors (Lipinski definition) is 1. The fourth-order valence-electron chi connectivity index (χ4n) is 3.58. The molecule has 0 saturated carbocycles. The molecule has 0 radical (unpaired) electrons. The fraction of sp³-hybridized carbons (Fsp3) is 0.824. The molecule has 1 aromatic rings. The molecule has 120 valence electrons. The van der Waals surface area contributed by atoms with E-state index in [1.54, 1.807) is 0 Å². The van der Waals surface area contributed by atoms with Gasteiger partial charge in [-0.15, -0.1) is 0 Å². The molecule has 1 aromatic heterocycles. The molecule has 0 aromatic carbocycles. The van der Waals surface area contributed by atoms with E-state index in [4.69, 9.17) is 10.8 Å². The Labute approximate surface area is 129 Å². The standard InChI is InChI=1S/C17H32N4/c1-12-8-7-9-21(13(12)2)15(10-18)14-11-20(6)19-16(14)17(3,4)5/h11-13,15H,7-10,18H2,1-6H3. The molecule has 2 rings (SSSR count). The summed E-state index contributed by atoms with van der Waals surface area (Å²) < 4.78 is 1.94. The van der Waals surface area contributed by atoms with Gasteiger partial charge in [0.15, 0.2) is 0 Å². The lowest BCUT2D eigenvalue weighted by atomic mass is 9.85. The number of likely N-dealkylation sites (tertiary alicyclic amines) is 1. The van der Waals surface area contributed by atoms with Crippen LogP contribution in [0, 0.1) is 5.92 Å². The number of aryl methyl sites for hydroxylation is 1. The van der Waals surface area contributed by atoms with Gasteiger partial charge in [0.05, 0.1) is 11.7 Å². The largest absolute Gasteiger partial charge is 0.329 e. The van der Waals surface area contributed by atoms with Gasteiger partial charge in [-0.3, -0.25) is 9.58 Å². The molecule has 0 aliphatic carbocycles. The van der Waals surface area contributed by atoms with Crippen LogP contribution in [0.3, 0.4) is 0 Å². The van der Waals surface area contributed by atoms with Crippen molar-refractivity contribution in [3.8, 4) is 0 Å². The van der Waals surface area contributed by atoms with Crippen LogP contribution in [0.5, 0.6) is 0 Å². The van der Waals surface area contributed by atoms with E-state index < -0.39 is 0 Å². The van der Waals surface area contributed by atoms with Gasteiger partial charge in [0.2, 0.25) is 0 Å². The van der Waals surface area contributed by atoms with Crippen LogP contribution >= 0.6 is 0 Å². The molecule has 21 heavy (non-hydrogen) atoms.